The number of nitrogens with zero attached hydrogens (tertiary/aromatic N) is 2. The van der Waals surface area contributed by atoms with Crippen molar-refractivity contribution < 1.29 is 14.3 Å². The number of nitrogens with one attached hydrogen (secondary N) is 1. The summed E-state index contributed by atoms with van der Waals surface area (Å²) in [4.78, 5) is 24.1. The third-order valence-corrected chi connectivity index (χ3v) is 4.34. The van der Waals surface area contributed by atoms with Crippen LogP contribution in [0.25, 0.3) is 5.69 Å². The van der Waals surface area contributed by atoms with E-state index in [0.717, 1.165) is 11.4 Å². The zero-order valence-electron chi connectivity index (χ0n) is 13.9. The molecule has 0 bridgehead atoms. The minimum absolute atomic E-state index is 0.172. The van der Waals surface area contributed by atoms with E-state index in [1.807, 2.05) is 16.8 Å². The number of benzene rings is 1. The first-order chi connectivity index (χ1) is 12.1. The minimum atomic E-state index is -0.391. The fraction of sp³-hybridized carbons (Fsp3) is 0.167. The van der Waals surface area contributed by atoms with Gasteiger partial charge in [0.2, 0.25) is 0 Å². The highest BCUT2D eigenvalue weighted by atomic mass is 32.1. The Morgan fingerprint density at radius 1 is 1.24 bits per heavy atom. The van der Waals surface area contributed by atoms with Crippen molar-refractivity contribution in [3.63, 3.8) is 0 Å². The van der Waals surface area contributed by atoms with Crippen molar-refractivity contribution in [1.29, 1.82) is 0 Å². The first kappa shape index (κ1) is 16.9. The Labute approximate surface area is 149 Å². The third-order valence-electron chi connectivity index (χ3n) is 3.66. The average Bonchev–Trinajstić information content (AvgIpc) is 3.25. The quantitative estimate of drug-likeness (QED) is 0.709. The number of esters is 1. The minimum Gasteiger partial charge on any atom is -0.462 e. The Balaban J connectivity index is 1.78. The topological polar surface area (TPSA) is 73.2 Å². The number of hydrogen-bond donors (Lipinski definition) is 1. The molecule has 3 aromatic rings. The van der Waals surface area contributed by atoms with Crippen molar-refractivity contribution >= 4 is 28.9 Å². The molecule has 7 heteroatoms. The van der Waals surface area contributed by atoms with Crippen LogP contribution < -0.4 is 5.32 Å². The van der Waals surface area contributed by atoms with Crippen LogP contribution in [-0.2, 0) is 4.74 Å². The molecule has 1 amide bonds. The molecule has 0 aliphatic carbocycles. The second kappa shape index (κ2) is 7.31. The SMILES string of the molecule is CCOC(=O)c1cnn(-c2ccc(C(=O)Nc3ccsc3)cc2)c1C. The molecule has 0 unspecified atom stereocenters. The maximum absolute atomic E-state index is 12.2. The summed E-state index contributed by atoms with van der Waals surface area (Å²) < 4.78 is 6.66. The molecule has 2 heterocycles. The van der Waals surface area contributed by atoms with Crippen LogP contribution in [0, 0.1) is 6.92 Å². The maximum Gasteiger partial charge on any atom is 0.341 e. The van der Waals surface area contributed by atoms with E-state index in [9.17, 15) is 9.59 Å². The molecule has 0 aliphatic heterocycles. The molecule has 1 aromatic carbocycles. The van der Waals surface area contributed by atoms with E-state index in [1.54, 1.807) is 42.8 Å². The lowest BCUT2D eigenvalue weighted by Crippen LogP contribution is -2.11. The molecule has 0 spiro atoms. The van der Waals surface area contributed by atoms with E-state index < -0.39 is 5.97 Å². The van der Waals surface area contributed by atoms with Crippen LogP contribution in [0.2, 0.25) is 0 Å². The number of amides is 1. The number of ether oxygens (including phenoxy) is 1. The predicted molar refractivity (Wildman–Crippen MR) is 96.5 cm³/mol. The lowest BCUT2D eigenvalue weighted by Gasteiger charge is -2.07. The fourth-order valence-corrected chi connectivity index (χ4v) is 2.96. The Bertz CT molecular complexity index is 883. The van der Waals surface area contributed by atoms with E-state index in [0.29, 0.717) is 23.4 Å². The van der Waals surface area contributed by atoms with Crippen LogP contribution in [0.4, 0.5) is 5.69 Å². The molecule has 128 valence electrons. The first-order valence-electron chi connectivity index (χ1n) is 7.76. The van der Waals surface area contributed by atoms with Gasteiger partial charge in [0.05, 0.1) is 29.9 Å². The molecular weight excluding hydrogens is 338 g/mol. The van der Waals surface area contributed by atoms with Gasteiger partial charge in [-0.2, -0.15) is 16.4 Å². The molecule has 3 rings (SSSR count). The number of carbonyl (C=O) groups is 2. The average molecular weight is 355 g/mol. The lowest BCUT2D eigenvalue weighted by molar-refractivity contribution is 0.0525. The molecule has 0 radical (unpaired) electrons. The van der Waals surface area contributed by atoms with Gasteiger partial charge in [-0.25, -0.2) is 9.48 Å². The van der Waals surface area contributed by atoms with E-state index >= 15 is 0 Å². The zero-order valence-corrected chi connectivity index (χ0v) is 14.7. The van der Waals surface area contributed by atoms with Crippen LogP contribution in [0.3, 0.4) is 0 Å². The molecule has 0 saturated carbocycles. The highest BCUT2D eigenvalue weighted by molar-refractivity contribution is 7.08. The van der Waals surface area contributed by atoms with Gasteiger partial charge in [0.1, 0.15) is 5.56 Å². The van der Waals surface area contributed by atoms with Crippen LogP contribution in [0.1, 0.15) is 33.3 Å². The third kappa shape index (κ3) is 3.61. The van der Waals surface area contributed by atoms with Gasteiger partial charge in [0.15, 0.2) is 0 Å². The Morgan fingerprint density at radius 2 is 2.00 bits per heavy atom. The Morgan fingerprint density at radius 3 is 2.64 bits per heavy atom. The van der Waals surface area contributed by atoms with E-state index in [2.05, 4.69) is 10.4 Å². The number of hydrogen-bond acceptors (Lipinski definition) is 5. The molecule has 0 aliphatic rings. The van der Waals surface area contributed by atoms with Crippen LogP contribution in [0.5, 0.6) is 0 Å². The van der Waals surface area contributed by atoms with E-state index in [4.69, 9.17) is 4.74 Å². The highest BCUT2D eigenvalue weighted by Crippen LogP contribution is 2.17. The number of thiophene rings is 1. The summed E-state index contributed by atoms with van der Waals surface area (Å²) in [6, 6.07) is 8.88. The fourth-order valence-electron chi connectivity index (χ4n) is 2.37. The van der Waals surface area contributed by atoms with E-state index in [-0.39, 0.29) is 5.91 Å². The van der Waals surface area contributed by atoms with Crippen molar-refractivity contribution in [2.75, 3.05) is 11.9 Å². The van der Waals surface area contributed by atoms with Gasteiger partial charge in [-0.05, 0) is 49.6 Å². The van der Waals surface area contributed by atoms with Gasteiger partial charge in [-0.1, -0.05) is 0 Å². The number of anilines is 1. The Hall–Kier alpha value is -2.93. The molecule has 6 nitrogen and oxygen atoms in total. The summed E-state index contributed by atoms with van der Waals surface area (Å²) in [5.74, 6) is -0.563. The normalized spacial score (nSPS) is 10.5. The van der Waals surface area contributed by atoms with Crippen molar-refractivity contribution in [1.82, 2.24) is 9.78 Å². The smallest absolute Gasteiger partial charge is 0.341 e. The molecule has 25 heavy (non-hydrogen) atoms. The van der Waals surface area contributed by atoms with E-state index in [1.165, 1.54) is 17.5 Å². The molecule has 0 saturated heterocycles. The maximum atomic E-state index is 12.2. The number of rotatable bonds is 5. The second-order valence-electron chi connectivity index (χ2n) is 5.29. The van der Waals surface area contributed by atoms with Crippen LogP contribution in [-0.4, -0.2) is 28.3 Å². The molecular formula is C18H17N3O3S. The summed E-state index contributed by atoms with van der Waals surface area (Å²) >= 11 is 1.52. The van der Waals surface area contributed by atoms with Crippen LogP contribution >= 0.6 is 11.3 Å². The summed E-state index contributed by atoms with van der Waals surface area (Å²) in [6.45, 7) is 3.88. The van der Waals surface area contributed by atoms with Gasteiger partial charge in [-0.3, -0.25) is 4.79 Å². The zero-order chi connectivity index (χ0) is 17.8. The molecule has 2 aromatic heterocycles. The highest BCUT2D eigenvalue weighted by Gasteiger charge is 2.16. The Kier molecular flexibility index (Phi) is 4.95. The van der Waals surface area contributed by atoms with Gasteiger partial charge in [0.25, 0.3) is 5.91 Å². The predicted octanol–water partition coefficient (Wildman–Crippen LogP) is 3.67. The summed E-state index contributed by atoms with van der Waals surface area (Å²) in [6.07, 6.45) is 1.49. The molecule has 0 fully saturated rings. The summed E-state index contributed by atoms with van der Waals surface area (Å²) in [7, 11) is 0. The van der Waals surface area contributed by atoms with Gasteiger partial charge in [-0.15, -0.1) is 0 Å². The molecule has 1 N–H and O–H groups in total. The second-order valence-corrected chi connectivity index (χ2v) is 6.07. The number of carbonyl (C=O) groups excluding carboxylic acids is 2. The standard InChI is InChI=1S/C18H17N3O3S/c1-3-24-18(23)16-10-19-21(12(16)2)15-6-4-13(5-7-15)17(22)20-14-8-9-25-11-14/h4-11H,3H2,1-2H3,(H,20,22). The van der Waals surface area contributed by atoms with Crippen LogP contribution in [0.15, 0.2) is 47.3 Å². The summed E-state index contributed by atoms with van der Waals surface area (Å²) in [5, 5.41) is 10.8. The van der Waals surface area contributed by atoms with Crippen molar-refractivity contribution in [3.8, 4) is 5.69 Å². The van der Waals surface area contributed by atoms with Gasteiger partial charge >= 0.3 is 5.97 Å². The first-order valence-corrected chi connectivity index (χ1v) is 8.70. The monoisotopic (exact) mass is 355 g/mol. The van der Waals surface area contributed by atoms with Crippen molar-refractivity contribution in [3.05, 3.63) is 64.1 Å². The number of aromatic nitrogens is 2. The molecule has 0 atom stereocenters. The van der Waals surface area contributed by atoms with Gasteiger partial charge in [0, 0.05) is 10.9 Å². The lowest BCUT2D eigenvalue weighted by atomic mass is 10.2. The van der Waals surface area contributed by atoms with Crippen molar-refractivity contribution in [2.24, 2.45) is 0 Å². The van der Waals surface area contributed by atoms with Crippen molar-refractivity contribution in [2.45, 2.75) is 13.8 Å². The largest absolute Gasteiger partial charge is 0.462 e. The summed E-state index contributed by atoms with van der Waals surface area (Å²) in [5.41, 5.74) is 3.21. The van der Waals surface area contributed by atoms with Gasteiger partial charge < -0.3 is 10.1 Å².